The smallest absolute Gasteiger partial charge is 0.140 e. The quantitative estimate of drug-likeness (QED) is 0.789. The number of hydrogen-bond acceptors (Lipinski definition) is 1. The maximum atomic E-state index is 11.5. The summed E-state index contributed by atoms with van der Waals surface area (Å²) in [6.45, 7) is 3.76. The van der Waals surface area contributed by atoms with Crippen LogP contribution in [-0.4, -0.2) is 5.78 Å². The fourth-order valence-electron chi connectivity index (χ4n) is 1.91. The second-order valence-corrected chi connectivity index (χ2v) is 4.96. The summed E-state index contributed by atoms with van der Waals surface area (Å²) in [4.78, 5) is 11.5. The van der Waals surface area contributed by atoms with Gasteiger partial charge in [-0.1, -0.05) is 28.1 Å². The highest BCUT2D eigenvalue weighted by atomic mass is 79.9. The zero-order valence-electron chi connectivity index (χ0n) is 8.43. The Morgan fingerprint density at radius 2 is 2.07 bits per heavy atom. The van der Waals surface area contributed by atoms with Crippen LogP contribution in [0.2, 0.25) is 0 Å². The van der Waals surface area contributed by atoms with Gasteiger partial charge in [-0.15, -0.1) is 0 Å². The molecule has 2 heteroatoms. The molecule has 0 unspecified atom stereocenters. The predicted molar refractivity (Wildman–Crippen MR) is 60.5 cm³/mol. The molecule has 14 heavy (non-hydrogen) atoms. The van der Waals surface area contributed by atoms with E-state index in [2.05, 4.69) is 35.0 Å². The van der Waals surface area contributed by atoms with Crippen molar-refractivity contribution in [2.24, 2.45) is 0 Å². The first-order valence-corrected chi connectivity index (χ1v) is 5.63. The lowest BCUT2D eigenvalue weighted by Gasteiger charge is -2.12. The molecule has 1 fully saturated rings. The number of hydrogen-bond donors (Lipinski definition) is 0. The van der Waals surface area contributed by atoms with E-state index in [-0.39, 0.29) is 5.41 Å². The molecule has 1 aromatic carbocycles. The van der Waals surface area contributed by atoms with Gasteiger partial charge in [-0.25, -0.2) is 0 Å². The van der Waals surface area contributed by atoms with E-state index in [1.54, 1.807) is 6.92 Å². The van der Waals surface area contributed by atoms with E-state index in [4.69, 9.17) is 0 Å². The van der Waals surface area contributed by atoms with Crippen molar-refractivity contribution in [1.82, 2.24) is 0 Å². The molecule has 0 N–H and O–H groups in total. The van der Waals surface area contributed by atoms with E-state index in [0.29, 0.717) is 5.78 Å². The summed E-state index contributed by atoms with van der Waals surface area (Å²) in [5.74, 6) is 0.305. The van der Waals surface area contributed by atoms with Gasteiger partial charge in [0.15, 0.2) is 0 Å². The molecule has 0 atom stereocenters. The summed E-state index contributed by atoms with van der Waals surface area (Å²) in [6, 6.07) is 6.22. The lowest BCUT2D eigenvalue weighted by Crippen LogP contribution is -2.16. The molecule has 1 saturated carbocycles. The third-order valence-corrected chi connectivity index (χ3v) is 4.02. The van der Waals surface area contributed by atoms with Crippen molar-refractivity contribution >= 4 is 21.7 Å². The predicted octanol–water partition coefficient (Wildman–Crippen LogP) is 3.38. The van der Waals surface area contributed by atoms with Crippen molar-refractivity contribution in [2.45, 2.75) is 32.1 Å². The number of aryl methyl sites for hydroxylation is 1. The summed E-state index contributed by atoms with van der Waals surface area (Å²) < 4.78 is 1.11. The first-order valence-electron chi connectivity index (χ1n) is 4.84. The molecule has 1 aliphatic rings. The van der Waals surface area contributed by atoms with Crippen LogP contribution < -0.4 is 0 Å². The van der Waals surface area contributed by atoms with E-state index in [1.807, 2.05) is 6.07 Å². The van der Waals surface area contributed by atoms with Crippen LogP contribution in [0.15, 0.2) is 22.7 Å². The number of carbonyl (C=O) groups excluding carboxylic acids is 1. The molecule has 2 rings (SSSR count). The normalized spacial score (nSPS) is 17.9. The van der Waals surface area contributed by atoms with Gasteiger partial charge in [-0.2, -0.15) is 0 Å². The van der Waals surface area contributed by atoms with Gasteiger partial charge < -0.3 is 0 Å². The van der Waals surface area contributed by atoms with E-state index in [9.17, 15) is 4.79 Å². The molecule has 0 heterocycles. The first-order chi connectivity index (χ1) is 6.56. The number of ketones is 1. The molecular weight excluding hydrogens is 240 g/mol. The van der Waals surface area contributed by atoms with Crippen LogP contribution in [0.5, 0.6) is 0 Å². The van der Waals surface area contributed by atoms with Gasteiger partial charge in [0.25, 0.3) is 0 Å². The fraction of sp³-hybridized carbons (Fsp3) is 0.417. The first kappa shape index (κ1) is 9.91. The molecule has 0 aromatic heterocycles. The highest BCUT2D eigenvalue weighted by molar-refractivity contribution is 9.10. The Balaban J connectivity index is 2.43. The Kier molecular flexibility index (Phi) is 2.26. The topological polar surface area (TPSA) is 17.1 Å². The van der Waals surface area contributed by atoms with Crippen molar-refractivity contribution in [3.05, 3.63) is 33.8 Å². The van der Waals surface area contributed by atoms with Crippen LogP contribution in [0.1, 0.15) is 30.9 Å². The fourth-order valence-corrected chi connectivity index (χ4v) is 2.16. The summed E-state index contributed by atoms with van der Waals surface area (Å²) in [6.07, 6.45) is 2.03. The summed E-state index contributed by atoms with van der Waals surface area (Å²) in [5.41, 5.74) is 2.26. The van der Waals surface area contributed by atoms with Gasteiger partial charge in [-0.05, 0) is 43.9 Å². The molecule has 1 aromatic rings. The number of Topliss-reactive ketones (excluding diaryl/α,β-unsaturated/α-hetero) is 1. The van der Waals surface area contributed by atoms with Crippen LogP contribution in [0.3, 0.4) is 0 Å². The van der Waals surface area contributed by atoms with Crippen molar-refractivity contribution in [3.63, 3.8) is 0 Å². The van der Waals surface area contributed by atoms with Gasteiger partial charge in [0.05, 0.1) is 5.41 Å². The summed E-state index contributed by atoms with van der Waals surface area (Å²) in [7, 11) is 0. The lowest BCUT2D eigenvalue weighted by atomic mass is 9.91. The standard InChI is InChI=1S/C12H13BrO/c1-8-7-10(3-4-11(8)13)12(5-6-12)9(2)14/h3-4,7H,5-6H2,1-2H3. The SMILES string of the molecule is CC(=O)C1(c2ccc(Br)c(C)c2)CC1. The molecule has 0 spiro atoms. The molecule has 0 saturated heterocycles. The second kappa shape index (κ2) is 3.20. The van der Waals surface area contributed by atoms with E-state index in [0.717, 1.165) is 17.3 Å². The van der Waals surface area contributed by atoms with Crippen LogP contribution in [0.25, 0.3) is 0 Å². The maximum Gasteiger partial charge on any atom is 0.140 e. The molecule has 0 bridgehead atoms. The number of rotatable bonds is 2. The third-order valence-electron chi connectivity index (χ3n) is 3.13. The van der Waals surface area contributed by atoms with Gasteiger partial charge in [0.2, 0.25) is 0 Å². The van der Waals surface area contributed by atoms with Crippen molar-refractivity contribution < 1.29 is 4.79 Å². The Bertz CT molecular complexity index is 391. The zero-order valence-corrected chi connectivity index (χ0v) is 10.0. The van der Waals surface area contributed by atoms with Crippen molar-refractivity contribution in [1.29, 1.82) is 0 Å². The Hall–Kier alpha value is -0.630. The van der Waals surface area contributed by atoms with E-state index >= 15 is 0 Å². The maximum absolute atomic E-state index is 11.5. The minimum Gasteiger partial charge on any atom is -0.299 e. The average Bonchev–Trinajstić information content (AvgIpc) is 2.90. The molecule has 1 nitrogen and oxygen atoms in total. The third kappa shape index (κ3) is 1.42. The van der Waals surface area contributed by atoms with Crippen LogP contribution in [-0.2, 0) is 10.2 Å². The van der Waals surface area contributed by atoms with Crippen LogP contribution in [0.4, 0.5) is 0 Å². The number of carbonyl (C=O) groups is 1. The Labute approximate surface area is 92.6 Å². The summed E-state index contributed by atoms with van der Waals surface area (Å²) in [5, 5.41) is 0. The second-order valence-electron chi connectivity index (χ2n) is 4.10. The minimum absolute atomic E-state index is 0.133. The van der Waals surface area contributed by atoms with Crippen LogP contribution >= 0.6 is 15.9 Å². The van der Waals surface area contributed by atoms with E-state index in [1.165, 1.54) is 11.1 Å². The highest BCUT2D eigenvalue weighted by Crippen LogP contribution is 2.49. The zero-order chi connectivity index (χ0) is 10.3. The lowest BCUT2D eigenvalue weighted by molar-refractivity contribution is -0.119. The molecule has 0 aliphatic heterocycles. The van der Waals surface area contributed by atoms with Gasteiger partial charge in [0.1, 0.15) is 5.78 Å². The van der Waals surface area contributed by atoms with Gasteiger partial charge in [0, 0.05) is 4.47 Å². The molecule has 0 radical (unpaired) electrons. The van der Waals surface area contributed by atoms with E-state index < -0.39 is 0 Å². The van der Waals surface area contributed by atoms with Crippen molar-refractivity contribution in [2.75, 3.05) is 0 Å². The number of benzene rings is 1. The minimum atomic E-state index is -0.133. The number of halogens is 1. The average molecular weight is 253 g/mol. The van der Waals surface area contributed by atoms with Gasteiger partial charge in [-0.3, -0.25) is 4.79 Å². The van der Waals surface area contributed by atoms with Gasteiger partial charge >= 0.3 is 0 Å². The monoisotopic (exact) mass is 252 g/mol. The van der Waals surface area contributed by atoms with Crippen LogP contribution in [0, 0.1) is 6.92 Å². The Morgan fingerprint density at radius 1 is 1.43 bits per heavy atom. The molecule has 74 valence electrons. The van der Waals surface area contributed by atoms with Crippen molar-refractivity contribution in [3.8, 4) is 0 Å². The largest absolute Gasteiger partial charge is 0.299 e. The summed E-state index contributed by atoms with van der Waals surface area (Å²) >= 11 is 3.47. The molecule has 0 amide bonds. The Morgan fingerprint density at radius 3 is 2.50 bits per heavy atom. The highest BCUT2D eigenvalue weighted by Gasteiger charge is 2.48. The molecular formula is C12H13BrO. The molecule has 1 aliphatic carbocycles.